The Labute approximate surface area is 202 Å². The Morgan fingerprint density at radius 1 is 1.12 bits per heavy atom. The second-order valence-corrected chi connectivity index (χ2v) is 9.90. The number of allylic oxidation sites excluding steroid dienone is 2. The lowest BCUT2D eigenvalue weighted by Crippen LogP contribution is -2.38. The van der Waals surface area contributed by atoms with Crippen molar-refractivity contribution in [3.05, 3.63) is 59.2 Å². The zero-order valence-electron chi connectivity index (χ0n) is 20.1. The number of rotatable bonds is 8. The third kappa shape index (κ3) is 4.51. The van der Waals surface area contributed by atoms with Crippen LogP contribution in [0.1, 0.15) is 55.7 Å². The molecule has 1 N–H and O–H groups in total. The second kappa shape index (κ2) is 9.93. The molecule has 0 spiro atoms. The zero-order chi connectivity index (χ0) is 23.5. The van der Waals surface area contributed by atoms with Crippen LogP contribution >= 0.6 is 0 Å². The molecule has 1 unspecified atom stereocenters. The Balaban J connectivity index is 1.42. The van der Waals surface area contributed by atoms with E-state index in [-0.39, 0.29) is 11.2 Å². The van der Waals surface area contributed by atoms with Crippen LogP contribution in [-0.2, 0) is 16.0 Å². The van der Waals surface area contributed by atoms with Crippen molar-refractivity contribution in [2.24, 2.45) is 5.41 Å². The van der Waals surface area contributed by atoms with Crippen molar-refractivity contribution in [1.82, 2.24) is 4.90 Å². The van der Waals surface area contributed by atoms with Gasteiger partial charge in [-0.15, -0.1) is 0 Å². The summed E-state index contributed by atoms with van der Waals surface area (Å²) in [4.78, 5) is 15.7. The van der Waals surface area contributed by atoms with Crippen LogP contribution in [0.15, 0.2) is 42.5 Å². The van der Waals surface area contributed by atoms with Gasteiger partial charge in [0.2, 0.25) is 0 Å². The van der Waals surface area contributed by atoms with Gasteiger partial charge in [-0.05, 0) is 65.8 Å². The molecule has 5 heteroatoms. The van der Waals surface area contributed by atoms with E-state index in [0.29, 0.717) is 18.8 Å². The summed E-state index contributed by atoms with van der Waals surface area (Å²) < 4.78 is 11.4. The molecule has 5 rings (SSSR count). The summed E-state index contributed by atoms with van der Waals surface area (Å²) in [5.74, 6) is 1.36. The fourth-order valence-corrected chi connectivity index (χ4v) is 5.93. The molecule has 34 heavy (non-hydrogen) atoms. The minimum absolute atomic E-state index is 0.0112. The molecule has 2 aromatic carbocycles. The number of nitrogens with zero attached hydrogens (tertiary/aromatic N) is 1. The first-order valence-corrected chi connectivity index (χ1v) is 12.7. The molecule has 1 aliphatic heterocycles. The molecule has 1 saturated heterocycles. The number of hydrogen-bond donors (Lipinski definition) is 1. The van der Waals surface area contributed by atoms with Crippen LogP contribution in [0.4, 0.5) is 0 Å². The second-order valence-electron chi connectivity index (χ2n) is 9.90. The first-order valence-electron chi connectivity index (χ1n) is 12.7. The van der Waals surface area contributed by atoms with Crippen molar-refractivity contribution in [2.45, 2.75) is 45.4 Å². The van der Waals surface area contributed by atoms with E-state index in [4.69, 9.17) is 9.47 Å². The van der Waals surface area contributed by atoms with Crippen LogP contribution in [0.25, 0.3) is 11.1 Å². The van der Waals surface area contributed by atoms with Crippen molar-refractivity contribution in [2.75, 3.05) is 39.5 Å². The normalized spacial score (nSPS) is 22.6. The first-order chi connectivity index (χ1) is 16.6. The molecule has 0 radical (unpaired) electrons. The quantitative estimate of drug-likeness (QED) is 0.592. The maximum Gasteiger partial charge on any atom is 0.163 e. The van der Waals surface area contributed by atoms with Crippen molar-refractivity contribution >= 4 is 16.9 Å². The van der Waals surface area contributed by atoms with Crippen LogP contribution in [0.2, 0.25) is 0 Å². The monoisotopic (exact) mass is 461 g/mol. The number of carbonyl (C=O) groups is 1. The number of Topliss-reactive ketones (excluding diaryl/α,β-unsaturated/α-hetero) is 1. The van der Waals surface area contributed by atoms with Gasteiger partial charge in [0, 0.05) is 37.0 Å². The molecular weight excluding hydrogens is 426 g/mol. The smallest absolute Gasteiger partial charge is 0.163 e. The minimum Gasteiger partial charge on any atom is -0.508 e. The highest BCUT2D eigenvalue weighted by Gasteiger charge is 2.46. The Morgan fingerprint density at radius 2 is 1.91 bits per heavy atom. The zero-order valence-corrected chi connectivity index (χ0v) is 20.1. The Hall–Kier alpha value is -2.63. The van der Waals surface area contributed by atoms with Crippen LogP contribution in [0, 0.1) is 5.41 Å². The number of ketones is 1. The van der Waals surface area contributed by atoms with Gasteiger partial charge in [0.15, 0.2) is 5.78 Å². The molecule has 0 amide bonds. The molecular formula is C29H35NO4. The standard InChI is InChI=1S/C29H35NO4/c1-2-3-11-29-12-10-26(32)27(28(29)25-9-6-23(31)19-22(25)20-29)21-4-7-24(8-5-21)34-18-15-30-13-16-33-17-14-30/h4-9,19,31H,2-3,10-18,20H2,1H3. The van der Waals surface area contributed by atoms with Gasteiger partial charge in [-0.1, -0.05) is 38.0 Å². The molecule has 0 aromatic heterocycles. The van der Waals surface area contributed by atoms with Gasteiger partial charge in [-0.2, -0.15) is 0 Å². The van der Waals surface area contributed by atoms with Gasteiger partial charge >= 0.3 is 0 Å². The summed E-state index contributed by atoms with van der Waals surface area (Å²) in [5.41, 5.74) is 5.34. The summed E-state index contributed by atoms with van der Waals surface area (Å²) in [6, 6.07) is 13.7. The van der Waals surface area contributed by atoms with Gasteiger partial charge in [-0.25, -0.2) is 0 Å². The largest absolute Gasteiger partial charge is 0.508 e. The van der Waals surface area contributed by atoms with Gasteiger partial charge in [0.1, 0.15) is 18.1 Å². The number of phenols is 1. The molecule has 180 valence electrons. The van der Waals surface area contributed by atoms with E-state index in [0.717, 1.165) is 87.4 Å². The van der Waals surface area contributed by atoms with Crippen LogP contribution < -0.4 is 4.74 Å². The highest BCUT2D eigenvalue weighted by Crippen LogP contribution is 2.58. The number of aromatic hydroxyl groups is 1. The SMILES string of the molecule is CCCCC12CCC(=O)C(c3ccc(OCCN4CCOCC4)cc3)=C1c1ccc(O)cc1C2. The van der Waals surface area contributed by atoms with E-state index in [1.807, 2.05) is 36.4 Å². The number of morpholine rings is 1. The number of benzene rings is 2. The molecule has 5 nitrogen and oxygen atoms in total. The molecule has 1 heterocycles. The average molecular weight is 462 g/mol. The molecule has 2 aliphatic carbocycles. The summed E-state index contributed by atoms with van der Waals surface area (Å²) in [5, 5.41) is 10.1. The summed E-state index contributed by atoms with van der Waals surface area (Å²) in [6.07, 6.45) is 5.74. The van der Waals surface area contributed by atoms with Crippen molar-refractivity contribution in [3.8, 4) is 11.5 Å². The van der Waals surface area contributed by atoms with Crippen LogP contribution in [0.5, 0.6) is 11.5 Å². The highest BCUT2D eigenvalue weighted by atomic mass is 16.5. The van der Waals surface area contributed by atoms with E-state index in [1.54, 1.807) is 6.07 Å². The molecule has 3 aliphatic rings. The number of unbranched alkanes of at least 4 members (excludes halogenated alkanes) is 1. The maximum atomic E-state index is 13.3. The van der Waals surface area contributed by atoms with E-state index >= 15 is 0 Å². The highest BCUT2D eigenvalue weighted by molar-refractivity contribution is 6.30. The van der Waals surface area contributed by atoms with E-state index in [9.17, 15) is 9.90 Å². The fraction of sp³-hybridized carbons (Fsp3) is 0.483. The first kappa shape index (κ1) is 23.1. The molecule has 1 fully saturated rings. The van der Waals surface area contributed by atoms with Gasteiger partial charge in [0.25, 0.3) is 0 Å². The van der Waals surface area contributed by atoms with E-state index in [2.05, 4.69) is 11.8 Å². The fourth-order valence-electron chi connectivity index (χ4n) is 5.93. The number of carbonyl (C=O) groups excluding carboxylic acids is 1. The molecule has 0 saturated carbocycles. The van der Waals surface area contributed by atoms with E-state index in [1.165, 1.54) is 11.1 Å². The summed E-state index contributed by atoms with van der Waals surface area (Å²) in [7, 11) is 0. The van der Waals surface area contributed by atoms with Crippen LogP contribution in [0.3, 0.4) is 0 Å². The Morgan fingerprint density at radius 3 is 2.68 bits per heavy atom. The number of phenolic OH excluding ortho intramolecular Hbond substituents is 1. The Kier molecular flexibility index (Phi) is 6.75. The predicted molar refractivity (Wildman–Crippen MR) is 134 cm³/mol. The lowest BCUT2D eigenvalue weighted by atomic mass is 9.66. The van der Waals surface area contributed by atoms with Gasteiger partial charge in [-0.3, -0.25) is 9.69 Å². The van der Waals surface area contributed by atoms with Crippen LogP contribution in [-0.4, -0.2) is 55.2 Å². The van der Waals surface area contributed by atoms with Crippen molar-refractivity contribution in [1.29, 1.82) is 0 Å². The van der Waals surface area contributed by atoms with Gasteiger partial charge < -0.3 is 14.6 Å². The van der Waals surface area contributed by atoms with Crippen molar-refractivity contribution in [3.63, 3.8) is 0 Å². The predicted octanol–water partition coefficient (Wildman–Crippen LogP) is 5.11. The summed E-state index contributed by atoms with van der Waals surface area (Å²) >= 11 is 0. The topological polar surface area (TPSA) is 59.0 Å². The Bertz CT molecular complexity index is 1070. The lowest BCUT2D eigenvalue weighted by molar-refractivity contribution is -0.114. The lowest BCUT2D eigenvalue weighted by Gasteiger charge is -2.36. The van der Waals surface area contributed by atoms with E-state index < -0.39 is 0 Å². The maximum absolute atomic E-state index is 13.3. The average Bonchev–Trinajstić information content (AvgIpc) is 3.18. The van der Waals surface area contributed by atoms with Crippen molar-refractivity contribution < 1.29 is 19.4 Å². The molecule has 2 aromatic rings. The number of fused-ring (bicyclic) bond motifs is 3. The van der Waals surface area contributed by atoms with Gasteiger partial charge in [0.05, 0.1) is 13.2 Å². The number of hydrogen-bond acceptors (Lipinski definition) is 5. The third-order valence-electron chi connectivity index (χ3n) is 7.71. The minimum atomic E-state index is -0.0112. The summed E-state index contributed by atoms with van der Waals surface area (Å²) in [6.45, 7) is 7.26. The third-order valence-corrected chi connectivity index (χ3v) is 7.71. The number of ether oxygens (including phenoxy) is 2. The molecule has 0 bridgehead atoms. The molecule has 1 atom stereocenters.